The lowest BCUT2D eigenvalue weighted by molar-refractivity contribution is -0.144. The van der Waals surface area contributed by atoms with E-state index in [0.29, 0.717) is 5.56 Å². The van der Waals surface area contributed by atoms with E-state index in [-0.39, 0.29) is 37.9 Å². The summed E-state index contributed by atoms with van der Waals surface area (Å²) >= 11 is 17.4. The van der Waals surface area contributed by atoms with Gasteiger partial charge in [-0.1, -0.05) is 35.3 Å². The van der Waals surface area contributed by atoms with E-state index < -0.39 is 23.9 Å². The molecular weight excluding hydrogens is 479 g/mol. The van der Waals surface area contributed by atoms with Crippen LogP contribution in [0.5, 0.6) is 11.5 Å². The third kappa shape index (κ3) is 4.69. The quantitative estimate of drug-likeness (QED) is 0.358. The normalized spacial score (nSPS) is 16.1. The van der Waals surface area contributed by atoms with Crippen LogP contribution in [-0.2, 0) is 14.4 Å². The molecule has 0 radical (unpaired) electrons. The standard InChI is InChI=1S/C21H16Cl2N2O6S/c1-10(20(28)29)31-15-7-6-11(9-16(15)30-2)8-12-18(26)24-21(32)25(19(12)27)14-5-3-4-13(22)17(14)23/h3-10H,1-2H3,(H,28,29)(H,24,26,32)/b12-8+/t10-/m1/s1. The topological polar surface area (TPSA) is 105 Å². The summed E-state index contributed by atoms with van der Waals surface area (Å²) in [5.74, 6) is -2.10. The minimum atomic E-state index is -1.14. The van der Waals surface area contributed by atoms with Gasteiger partial charge in [0.1, 0.15) is 5.57 Å². The maximum Gasteiger partial charge on any atom is 0.344 e. The van der Waals surface area contributed by atoms with Gasteiger partial charge in [0, 0.05) is 0 Å². The van der Waals surface area contributed by atoms with Gasteiger partial charge in [-0.3, -0.25) is 19.8 Å². The van der Waals surface area contributed by atoms with E-state index in [1.165, 1.54) is 32.2 Å². The first-order chi connectivity index (χ1) is 15.1. The summed E-state index contributed by atoms with van der Waals surface area (Å²) in [5.41, 5.74) is 0.453. The van der Waals surface area contributed by atoms with Crippen LogP contribution in [0, 0.1) is 0 Å². The van der Waals surface area contributed by atoms with Crippen molar-refractivity contribution in [2.45, 2.75) is 13.0 Å². The smallest absolute Gasteiger partial charge is 0.344 e. The van der Waals surface area contributed by atoms with Crippen molar-refractivity contribution in [1.29, 1.82) is 0 Å². The molecule has 2 aromatic rings. The van der Waals surface area contributed by atoms with Crippen LogP contribution in [0.4, 0.5) is 5.69 Å². The number of rotatable bonds is 6. The Hall–Kier alpha value is -3.14. The van der Waals surface area contributed by atoms with Crippen molar-refractivity contribution in [3.05, 3.63) is 57.6 Å². The molecule has 1 fully saturated rings. The van der Waals surface area contributed by atoms with Crippen LogP contribution in [0.1, 0.15) is 12.5 Å². The van der Waals surface area contributed by atoms with Gasteiger partial charge in [-0.25, -0.2) is 4.79 Å². The molecule has 0 unspecified atom stereocenters. The highest BCUT2D eigenvalue weighted by Gasteiger charge is 2.35. The maximum atomic E-state index is 13.1. The van der Waals surface area contributed by atoms with Crippen LogP contribution in [0.3, 0.4) is 0 Å². The summed E-state index contributed by atoms with van der Waals surface area (Å²) in [6.07, 6.45) is 0.244. The fourth-order valence-corrected chi connectivity index (χ4v) is 3.47. The van der Waals surface area contributed by atoms with Crippen molar-refractivity contribution in [1.82, 2.24) is 5.32 Å². The number of nitrogens with zero attached hydrogens (tertiary/aromatic N) is 1. The van der Waals surface area contributed by atoms with E-state index in [9.17, 15) is 14.4 Å². The van der Waals surface area contributed by atoms with Crippen LogP contribution < -0.4 is 19.7 Å². The minimum absolute atomic E-state index is 0.107. The Bertz CT molecular complexity index is 1170. The van der Waals surface area contributed by atoms with Crippen molar-refractivity contribution >= 4 is 70.1 Å². The number of hydrogen-bond donors (Lipinski definition) is 2. The fraction of sp³-hybridized carbons (Fsp3) is 0.143. The zero-order valence-electron chi connectivity index (χ0n) is 16.7. The number of carboxylic acids is 1. The summed E-state index contributed by atoms with van der Waals surface area (Å²) in [7, 11) is 1.38. The number of aliphatic carboxylic acids is 1. The number of methoxy groups -OCH3 is 1. The molecular formula is C21H16Cl2N2O6S. The predicted octanol–water partition coefficient (Wildman–Crippen LogP) is 3.69. The Morgan fingerprint density at radius 2 is 1.94 bits per heavy atom. The third-order valence-corrected chi connectivity index (χ3v) is 5.52. The van der Waals surface area contributed by atoms with E-state index in [2.05, 4.69) is 5.32 Å². The monoisotopic (exact) mass is 494 g/mol. The van der Waals surface area contributed by atoms with E-state index >= 15 is 0 Å². The SMILES string of the molecule is COc1cc(/C=C2\C(=O)NC(=S)N(c3cccc(Cl)c3Cl)C2=O)ccc1O[C@H](C)C(=O)O. The lowest BCUT2D eigenvalue weighted by Crippen LogP contribution is -2.54. The Morgan fingerprint density at radius 1 is 1.22 bits per heavy atom. The number of hydrogen-bond acceptors (Lipinski definition) is 6. The van der Waals surface area contributed by atoms with Crippen LogP contribution in [0.15, 0.2) is 42.0 Å². The largest absolute Gasteiger partial charge is 0.493 e. The molecule has 2 N–H and O–H groups in total. The van der Waals surface area contributed by atoms with Gasteiger partial charge in [-0.15, -0.1) is 0 Å². The Morgan fingerprint density at radius 3 is 2.59 bits per heavy atom. The second-order valence-electron chi connectivity index (χ2n) is 6.54. The molecule has 1 aliphatic heterocycles. The van der Waals surface area contributed by atoms with Crippen molar-refractivity contribution in [2.24, 2.45) is 0 Å². The van der Waals surface area contributed by atoms with Gasteiger partial charge in [0.25, 0.3) is 11.8 Å². The number of halogens is 2. The van der Waals surface area contributed by atoms with Gasteiger partial charge in [-0.2, -0.15) is 0 Å². The summed E-state index contributed by atoms with van der Waals surface area (Å²) in [6.45, 7) is 1.38. The average molecular weight is 495 g/mol. The van der Waals surface area contributed by atoms with E-state index in [4.69, 9.17) is 50.0 Å². The number of anilines is 1. The highest BCUT2D eigenvalue weighted by Crippen LogP contribution is 2.35. The fourth-order valence-electron chi connectivity index (χ4n) is 2.82. The van der Waals surface area contributed by atoms with Gasteiger partial charge < -0.3 is 14.6 Å². The third-order valence-electron chi connectivity index (χ3n) is 4.42. The molecule has 0 spiro atoms. The number of ether oxygens (including phenoxy) is 2. The maximum absolute atomic E-state index is 13.1. The summed E-state index contributed by atoms with van der Waals surface area (Å²) in [5, 5.41) is 11.7. The second kappa shape index (κ2) is 9.56. The van der Waals surface area contributed by atoms with E-state index in [1.54, 1.807) is 24.3 Å². The van der Waals surface area contributed by atoms with Gasteiger partial charge in [0.15, 0.2) is 22.7 Å². The Kier molecular flexibility index (Phi) is 7.02. The Labute approximate surface area is 198 Å². The van der Waals surface area contributed by atoms with Gasteiger partial charge in [-0.05, 0) is 55.0 Å². The molecule has 2 aromatic carbocycles. The van der Waals surface area contributed by atoms with Crippen molar-refractivity contribution in [3.8, 4) is 11.5 Å². The zero-order valence-corrected chi connectivity index (χ0v) is 19.0. The molecule has 1 atom stereocenters. The van der Waals surface area contributed by atoms with Gasteiger partial charge >= 0.3 is 5.97 Å². The summed E-state index contributed by atoms with van der Waals surface area (Å²) in [6, 6.07) is 9.23. The Balaban J connectivity index is 1.99. The highest BCUT2D eigenvalue weighted by atomic mass is 35.5. The molecule has 0 aromatic heterocycles. The number of carbonyl (C=O) groups is 3. The molecule has 1 saturated heterocycles. The summed E-state index contributed by atoms with van der Waals surface area (Å²) < 4.78 is 10.6. The molecule has 11 heteroatoms. The number of benzene rings is 2. The first kappa shape index (κ1) is 23.5. The minimum Gasteiger partial charge on any atom is -0.493 e. The number of amides is 2. The van der Waals surface area contributed by atoms with Crippen LogP contribution in [0.25, 0.3) is 6.08 Å². The van der Waals surface area contributed by atoms with Crippen LogP contribution >= 0.6 is 35.4 Å². The number of carboxylic acid groups (broad SMARTS) is 1. The second-order valence-corrected chi connectivity index (χ2v) is 7.71. The van der Waals surface area contributed by atoms with Crippen LogP contribution in [-0.4, -0.2) is 41.2 Å². The van der Waals surface area contributed by atoms with Crippen molar-refractivity contribution in [3.63, 3.8) is 0 Å². The molecule has 2 amide bonds. The molecule has 166 valence electrons. The van der Waals surface area contributed by atoms with E-state index in [0.717, 1.165) is 4.90 Å². The molecule has 1 aliphatic rings. The van der Waals surface area contributed by atoms with Gasteiger partial charge in [0.05, 0.1) is 22.8 Å². The molecule has 1 heterocycles. The van der Waals surface area contributed by atoms with E-state index in [1.807, 2.05) is 0 Å². The number of nitrogens with one attached hydrogen (secondary N) is 1. The molecule has 0 saturated carbocycles. The molecule has 0 bridgehead atoms. The lowest BCUT2D eigenvalue weighted by atomic mass is 10.1. The zero-order chi connectivity index (χ0) is 23.6. The molecule has 0 aliphatic carbocycles. The van der Waals surface area contributed by atoms with Crippen LogP contribution in [0.2, 0.25) is 10.0 Å². The van der Waals surface area contributed by atoms with Crippen molar-refractivity contribution < 1.29 is 29.0 Å². The van der Waals surface area contributed by atoms with Gasteiger partial charge in [0.2, 0.25) is 0 Å². The molecule has 8 nitrogen and oxygen atoms in total. The first-order valence-corrected chi connectivity index (χ1v) is 10.2. The molecule has 3 rings (SSSR count). The number of carbonyl (C=O) groups excluding carboxylic acids is 2. The predicted molar refractivity (Wildman–Crippen MR) is 123 cm³/mol. The molecule has 32 heavy (non-hydrogen) atoms. The highest BCUT2D eigenvalue weighted by molar-refractivity contribution is 7.80. The average Bonchev–Trinajstić information content (AvgIpc) is 2.74. The van der Waals surface area contributed by atoms with Crippen molar-refractivity contribution in [2.75, 3.05) is 12.0 Å². The lowest BCUT2D eigenvalue weighted by Gasteiger charge is -2.29. The first-order valence-electron chi connectivity index (χ1n) is 9.07. The summed E-state index contributed by atoms with van der Waals surface area (Å²) in [4.78, 5) is 37.8. The number of thiocarbonyl (C=S) groups is 1.